The van der Waals surface area contributed by atoms with E-state index in [1.165, 1.54) is 0 Å². The van der Waals surface area contributed by atoms with Crippen LogP contribution in [0.15, 0.2) is 29.4 Å². The molecule has 0 radical (unpaired) electrons. The van der Waals surface area contributed by atoms with Crippen molar-refractivity contribution in [3.63, 3.8) is 0 Å². The molecular weight excluding hydrogens is 381 g/mol. The van der Waals surface area contributed by atoms with Crippen molar-refractivity contribution in [3.05, 3.63) is 30.1 Å². The molecule has 0 aromatic carbocycles. The maximum Gasteiger partial charge on any atom is 0.241 e. The molecule has 0 bridgehead atoms. The molecule has 7 heteroatoms. The van der Waals surface area contributed by atoms with Crippen LogP contribution in [0.25, 0.3) is 0 Å². The van der Waals surface area contributed by atoms with Crippen molar-refractivity contribution < 1.29 is 4.79 Å². The number of hydrogen-bond donors (Lipinski definition) is 2. The summed E-state index contributed by atoms with van der Waals surface area (Å²) < 4.78 is 0. The summed E-state index contributed by atoms with van der Waals surface area (Å²) in [4.78, 5) is 21.8. The number of carbonyl (C=O) groups is 1. The molecule has 1 saturated carbocycles. The van der Waals surface area contributed by atoms with Gasteiger partial charge in [0, 0.05) is 26.3 Å². The van der Waals surface area contributed by atoms with Gasteiger partial charge in [-0.25, -0.2) is 4.99 Å². The van der Waals surface area contributed by atoms with E-state index in [0.717, 1.165) is 18.5 Å². The molecule has 116 valence electrons. The number of rotatable bonds is 5. The molecule has 2 rings (SSSR count). The van der Waals surface area contributed by atoms with E-state index < -0.39 is 0 Å². The number of hydrogen-bond acceptors (Lipinski definition) is 3. The summed E-state index contributed by atoms with van der Waals surface area (Å²) in [5.41, 5.74) is 0.906. The smallest absolute Gasteiger partial charge is 0.241 e. The largest absolute Gasteiger partial charge is 0.354 e. The number of pyridine rings is 1. The first-order chi connectivity index (χ1) is 9.65. The maximum atomic E-state index is 11.6. The molecule has 1 aliphatic rings. The van der Waals surface area contributed by atoms with Crippen LogP contribution in [0.5, 0.6) is 0 Å². The molecule has 0 atom stereocenters. The van der Waals surface area contributed by atoms with Crippen molar-refractivity contribution >= 4 is 35.8 Å². The Labute approximate surface area is 142 Å². The highest BCUT2D eigenvalue weighted by Gasteiger charge is 2.22. The molecule has 21 heavy (non-hydrogen) atoms. The van der Waals surface area contributed by atoms with Gasteiger partial charge < -0.3 is 15.5 Å². The number of guanidine groups is 1. The monoisotopic (exact) mass is 403 g/mol. The van der Waals surface area contributed by atoms with Gasteiger partial charge in [-0.1, -0.05) is 6.07 Å². The Morgan fingerprint density at radius 2 is 2.19 bits per heavy atom. The summed E-state index contributed by atoms with van der Waals surface area (Å²) in [7, 11) is 3.48. The zero-order valence-corrected chi connectivity index (χ0v) is 14.7. The Morgan fingerprint density at radius 3 is 2.76 bits per heavy atom. The molecular formula is C14H22IN5O. The van der Waals surface area contributed by atoms with Gasteiger partial charge in [-0.2, -0.15) is 0 Å². The minimum absolute atomic E-state index is 0. The van der Waals surface area contributed by atoms with Crippen LogP contribution in [0, 0.1) is 0 Å². The number of aromatic nitrogens is 1. The third-order valence-electron chi connectivity index (χ3n) is 2.95. The summed E-state index contributed by atoms with van der Waals surface area (Å²) in [6.07, 6.45) is 4.07. The second kappa shape index (κ2) is 8.81. The molecule has 1 aromatic rings. The van der Waals surface area contributed by atoms with Gasteiger partial charge in [0.25, 0.3) is 0 Å². The summed E-state index contributed by atoms with van der Waals surface area (Å²) in [6, 6.07) is 6.24. The average Bonchev–Trinajstić information content (AvgIpc) is 3.26. The molecule has 0 unspecified atom stereocenters. The van der Waals surface area contributed by atoms with Crippen molar-refractivity contribution in [3.8, 4) is 0 Å². The fourth-order valence-electron chi connectivity index (χ4n) is 1.54. The van der Waals surface area contributed by atoms with E-state index in [1.807, 2.05) is 18.2 Å². The summed E-state index contributed by atoms with van der Waals surface area (Å²) in [6.45, 7) is 0.743. The second-order valence-corrected chi connectivity index (χ2v) is 5.05. The van der Waals surface area contributed by atoms with Gasteiger partial charge in [-0.15, -0.1) is 24.0 Å². The fourth-order valence-corrected chi connectivity index (χ4v) is 1.54. The lowest BCUT2D eigenvalue weighted by Crippen LogP contribution is -2.43. The Hall–Kier alpha value is -1.38. The van der Waals surface area contributed by atoms with Crippen LogP contribution < -0.4 is 10.6 Å². The van der Waals surface area contributed by atoms with Gasteiger partial charge in [-0.3, -0.25) is 9.78 Å². The summed E-state index contributed by atoms with van der Waals surface area (Å²) in [5.74, 6) is 0.696. The quantitative estimate of drug-likeness (QED) is 0.437. The number of aliphatic imine (C=N–C) groups is 1. The van der Waals surface area contributed by atoms with E-state index >= 15 is 0 Å². The van der Waals surface area contributed by atoms with Gasteiger partial charge >= 0.3 is 0 Å². The lowest BCUT2D eigenvalue weighted by atomic mass is 10.3. The van der Waals surface area contributed by atoms with E-state index in [4.69, 9.17) is 0 Å². The normalized spacial score (nSPS) is 14.1. The van der Waals surface area contributed by atoms with E-state index in [2.05, 4.69) is 20.6 Å². The van der Waals surface area contributed by atoms with Gasteiger partial charge in [0.1, 0.15) is 0 Å². The Balaban J connectivity index is 0.00000220. The zero-order chi connectivity index (χ0) is 14.4. The fraction of sp³-hybridized carbons (Fsp3) is 0.500. The van der Waals surface area contributed by atoms with Crippen LogP contribution in [0.2, 0.25) is 0 Å². The van der Waals surface area contributed by atoms with Crippen LogP contribution in [0.3, 0.4) is 0 Å². The van der Waals surface area contributed by atoms with Crippen LogP contribution in [0.4, 0.5) is 0 Å². The predicted octanol–water partition coefficient (Wildman–Crippen LogP) is 0.985. The Morgan fingerprint density at radius 1 is 1.43 bits per heavy atom. The topological polar surface area (TPSA) is 69.6 Å². The number of halogens is 1. The molecule has 0 saturated heterocycles. The number of carbonyl (C=O) groups excluding carboxylic acids is 1. The van der Waals surface area contributed by atoms with E-state index in [1.54, 1.807) is 25.2 Å². The second-order valence-electron chi connectivity index (χ2n) is 5.05. The molecule has 0 spiro atoms. The predicted molar refractivity (Wildman–Crippen MR) is 93.6 cm³/mol. The highest BCUT2D eigenvalue weighted by atomic mass is 127. The lowest BCUT2D eigenvalue weighted by molar-refractivity contribution is -0.127. The molecule has 0 aliphatic heterocycles. The standard InChI is InChI=1S/C14H21N5O.HI/c1-19(2)13(20)10-17-14(18-11-6-7-11)16-9-12-5-3-4-8-15-12;/h3-5,8,11H,6-7,9-10H2,1-2H3,(H2,16,17,18);1H. The van der Waals surface area contributed by atoms with Crippen molar-refractivity contribution in [1.82, 2.24) is 20.5 Å². The highest BCUT2D eigenvalue weighted by Crippen LogP contribution is 2.18. The summed E-state index contributed by atoms with van der Waals surface area (Å²) >= 11 is 0. The first kappa shape index (κ1) is 17.7. The van der Waals surface area contributed by atoms with Gasteiger partial charge in [0.15, 0.2) is 5.96 Å². The van der Waals surface area contributed by atoms with Crippen molar-refractivity contribution in [1.29, 1.82) is 0 Å². The average molecular weight is 403 g/mol. The van der Waals surface area contributed by atoms with Crippen LogP contribution >= 0.6 is 24.0 Å². The van der Waals surface area contributed by atoms with Gasteiger partial charge in [-0.05, 0) is 25.0 Å². The SMILES string of the molecule is CN(C)C(=O)CNC(=NCc1ccccn1)NC1CC1.I. The van der Waals surface area contributed by atoms with Crippen LogP contribution in [-0.4, -0.2) is 48.4 Å². The van der Waals surface area contributed by atoms with E-state index in [0.29, 0.717) is 18.5 Å². The maximum absolute atomic E-state index is 11.6. The highest BCUT2D eigenvalue weighted by molar-refractivity contribution is 14.0. The molecule has 6 nitrogen and oxygen atoms in total. The van der Waals surface area contributed by atoms with E-state index in [-0.39, 0.29) is 36.4 Å². The number of likely N-dealkylation sites (N-methyl/N-ethyl adjacent to an activating group) is 1. The molecule has 1 heterocycles. The first-order valence-electron chi connectivity index (χ1n) is 6.80. The number of amides is 1. The van der Waals surface area contributed by atoms with Gasteiger partial charge in [0.05, 0.1) is 18.8 Å². The molecule has 2 N–H and O–H groups in total. The third-order valence-corrected chi connectivity index (χ3v) is 2.95. The van der Waals surface area contributed by atoms with Crippen LogP contribution in [-0.2, 0) is 11.3 Å². The third kappa shape index (κ3) is 6.74. The minimum atomic E-state index is 0. The van der Waals surface area contributed by atoms with Gasteiger partial charge in [0.2, 0.25) is 5.91 Å². The first-order valence-corrected chi connectivity index (χ1v) is 6.80. The number of nitrogens with one attached hydrogen (secondary N) is 2. The lowest BCUT2D eigenvalue weighted by Gasteiger charge is -2.14. The molecule has 1 aliphatic carbocycles. The molecule has 1 amide bonds. The Kier molecular flexibility index (Phi) is 7.41. The molecule has 1 aromatic heterocycles. The zero-order valence-electron chi connectivity index (χ0n) is 12.4. The molecule has 1 fully saturated rings. The minimum Gasteiger partial charge on any atom is -0.354 e. The Bertz CT molecular complexity index is 474. The number of nitrogens with zero attached hydrogens (tertiary/aromatic N) is 3. The van der Waals surface area contributed by atoms with E-state index in [9.17, 15) is 4.79 Å². The van der Waals surface area contributed by atoms with Crippen molar-refractivity contribution in [2.75, 3.05) is 20.6 Å². The van der Waals surface area contributed by atoms with Crippen LogP contribution in [0.1, 0.15) is 18.5 Å². The summed E-state index contributed by atoms with van der Waals surface area (Å²) in [5, 5.41) is 6.36. The van der Waals surface area contributed by atoms with Crippen molar-refractivity contribution in [2.45, 2.75) is 25.4 Å². The van der Waals surface area contributed by atoms with Crippen molar-refractivity contribution in [2.24, 2.45) is 4.99 Å².